The van der Waals surface area contributed by atoms with Crippen molar-refractivity contribution >= 4 is 5.91 Å². The lowest BCUT2D eigenvalue weighted by molar-refractivity contribution is -0.137. The maximum atomic E-state index is 12.4. The van der Waals surface area contributed by atoms with Crippen LogP contribution in [0.2, 0.25) is 0 Å². The molecule has 1 heterocycles. The molecule has 2 rings (SSSR count). The number of piperidine rings is 1. The van der Waals surface area contributed by atoms with Gasteiger partial charge in [-0.15, -0.1) is 0 Å². The molecule has 1 atom stereocenters. The molecule has 0 radical (unpaired) electrons. The van der Waals surface area contributed by atoms with Gasteiger partial charge in [0.25, 0.3) is 0 Å². The Balaban J connectivity index is 1.70. The van der Waals surface area contributed by atoms with Gasteiger partial charge < -0.3 is 20.5 Å². The molecule has 3 N–H and O–H groups in total. The highest BCUT2D eigenvalue weighted by Crippen LogP contribution is 2.30. The molecule has 0 aliphatic carbocycles. The Hall–Kier alpha value is -1.80. The highest BCUT2D eigenvalue weighted by atomic mass is 19.4. The minimum Gasteiger partial charge on any atom is -0.491 e. The van der Waals surface area contributed by atoms with Gasteiger partial charge in [0.05, 0.1) is 5.56 Å². The van der Waals surface area contributed by atoms with E-state index in [9.17, 15) is 23.1 Å². The van der Waals surface area contributed by atoms with Gasteiger partial charge in [0.1, 0.15) is 18.5 Å². The first-order chi connectivity index (χ1) is 11.4. The monoisotopic (exact) mass is 346 g/mol. The van der Waals surface area contributed by atoms with Crippen LogP contribution in [0.5, 0.6) is 5.75 Å². The molecular formula is C16H21F3N2O3. The van der Waals surface area contributed by atoms with Crippen molar-refractivity contribution in [2.75, 3.05) is 26.2 Å². The minimum absolute atomic E-state index is 0.0450. The van der Waals surface area contributed by atoms with Gasteiger partial charge >= 0.3 is 6.18 Å². The molecule has 1 saturated heterocycles. The van der Waals surface area contributed by atoms with Gasteiger partial charge in [0.15, 0.2) is 0 Å². The van der Waals surface area contributed by atoms with Crippen molar-refractivity contribution in [1.29, 1.82) is 0 Å². The molecule has 1 fully saturated rings. The molecule has 1 aliphatic heterocycles. The second kappa shape index (κ2) is 8.34. The Morgan fingerprint density at radius 2 is 1.92 bits per heavy atom. The molecule has 1 unspecified atom stereocenters. The van der Waals surface area contributed by atoms with Crippen LogP contribution in [0.1, 0.15) is 18.4 Å². The van der Waals surface area contributed by atoms with Crippen LogP contribution in [0.4, 0.5) is 13.2 Å². The zero-order chi connectivity index (χ0) is 17.6. The van der Waals surface area contributed by atoms with E-state index in [4.69, 9.17) is 4.74 Å². The molecule has 134 valence electrons. The number of alkyl halides is 3. The maximum absolute atomic E-state index is 12.4. The van der Waals surface area contributed by atoms with Crippen molar-refractivity contribution in [3.8, 4) is 5.75 Å². The van der Waals surface area contributed by atoms with Crippen molar-refractivity contribution in [3.63, 3.8) is 0 Å². The fourth-order valence-corrected chi connectivity index (χ4v) is 2.44. The normalized spacial score (nSPS) is 17.3. The SMILES string of the molecule is O=C(NCC(O)COc1ccc(C(F)(F)F)cc1)C1CCNCC1. The van der Waals surface area contributed by atoms with Crippen LogP contribution in [-0.2, 0) is 11.0 Å². The predicted molar refractivity (Wildman–Crippen MR) is 81.5 cm³/mol. The number of aliphatic hydroxyl groups excluding tert-OH is 1. The van der Waals surface area contributed by atoms with Gasteiger partial charge in [-0.1, -0.05) is 0 Å². The summed E-state index contributed by atoms with van der Waals surface area (Å²) >= 11 is 0. The number of amides is 1. The molecule has 1 aliphatic rings. The number of aliphatic hydroxyl groups is 1. The lowest BCUT2D eigenvalue weighted by Crippen LogP contribution is -2.42. The highest BCUT2D eigenvalue weighted by Gasteiger charge is 2.30. The molecule has 8 heteroatoms. The van der Waals surface area contributed by atoms with Gasteiger partial charge in [-0.2, -0.15) is 13.2 Å². The van der Waals surface area contributed by atoms with E-state index in [-0.39, 0.29) is 30.7 Å². The summed E-state index contributed by atoms with van der Waals surface area (Å²) in [5.74, 6) is 0.0890. The van der Waals surface area contributed by atoms with E-state index >= 15 is 0 Å². The van der Waals surface area contributed by atoms with E-state index in [0.717, 1.165) is 38.1 Å². The first-order valence-electron chi connectivity index (χ1n) is 7.83. The van der Waals surface area contributed by atoms with Gasteiger partial charge in [-0.05, 0) is 50.2 Å². The lowest BCUT2D eigenvalue weighted by Gasteiger charge is -2.22. The van der Waals surface area contributed by atoms with Gasteiger partial charge in [-0.25, -0.2) is 0 Å². The van der Waals surface area contributed by atoms with Crippen LogP contribution in [0.3, 0.4) is 0 Å². The third-order valence-corrected chi connectivity index (χ3v) is 3.85. The summed E-state index contributed by atoms with van der Waals surface area (Å²) in [4.78, 5) is 11.9. The number of nitrogens with one attached hydrogen (secondary N) is 2. The summed E-state index contributed by atoms with van der Waals surface area (Å²) in [7, 11) is 0. The molecule has 24 heavy (non-hydrogen) atoms. The summed E-state index contributed by atoms with van der Waals surface area (Å²) in [6.07, 6.45) is -3.79. The summed E-state index contributed by atoms with van der Waals surface area (Å²) in [6, 6.07) is 4.23. The van der Waals surface area contributed by atoms with E-state index < -0.39 is 17.8 Å². The molecule has 1 amide bonds. The topological polar surface area (TPSA) is 70.6 Å². The average Bonchev–Trinajstić information content (AvgIpc) is 2.58. The first kappa shape index (κ1) is 18.5. The zero-order valence-corrected chi connectivity index (χ0v) is 13.1. The van der Waals surface area contributed by atoms with Crippen LogP contribution in [0.25, 0.3) is 0 Å². The Kier molecular flexibility index (Phi) is 6.44. The Morgan fingerprint density at radius 1 is 1.29 bits per heavy atom. The van der Waals surface area contributed by atoms with Crippen LogP contribution in [-0.4, -0.2) is 43.4 Å². The van der Waals surface area contributed by atoms with E-state index in [1.165, 1.54) is 12.1 Å². The van der Waals surface area contributed by atoms with E-state index in [2.05, 4.69) is 10.6 Å². The number of hydrogen-bond acceptors (Lipinski definition) is 4. The lowest BCUT2D eigenvalue weighted by atomic mass is 9.97. The maximum Gasteiger partial charge on any atom is 0.416 e. The van der Waals surface area contributed by atoms with Crippen molar-refractivity contribution in [3.05, 3.63) is 29.8 Å². The molecule has 1 aromatic carbocycles. The summed E-state index contributed by atoms with van der Waals surface area (Å²) < 4.78 is 42.5. The largest absolute Gasteiger partial charge is 0.491 e. The third-order valence-electron chi connectivity index (χ3n) is 3.85. The standard InChI is InChI=1S/C16H21F3N2O3/c17-16(18,19)12-1-3-14(4-2-12)24-10-13(22)9-21-15(23)11-5-7-20-8-6-11/h1-4,11,13,20,22H,5-10H2,(H,21,23). The van der Waals surface area contributed by atoms with Gasteiger partial charge in [0.2, 0.25) is 5.91 Å². The van der Waals surface area contributed by atoms with Crippen molar-refractivity contribution in [1.82, 2.24) is 10.6 Å². The van der Waals surface area contributed by atoms with Crippen molar-refractivity contribution in [2.24, 2.45) is 5.92 Å². The molecule has 5 nitrogen and oxygen atoms in total. The second-order valence-corrected chi connectivity index (χ2v) is 5.76. The molecule has 0 spiro atoms. The molecule has 0 bridgehead atoms. The number of halogens is 3. The summed E-state index contributed by atoms with van der Waals surface area (Å²) in [5, 5.41) is 15.6. The Morgan fingerprint density at radius 3 is 2.50 bits per heavy atom. The second-order valence-electron chi connectivity index (χ2n) is 5.76. The number of hydrogen-bond donors (Lipinski definition) is 3. The molecule has 0 saturated carbocycles. The zero-order valence-electron chi connectivity index (χ0n) is 13.1. The van der Waals surface area contributed by atoms with Gasteiger partial charge in [-0.3, -0.25) is 4.79 Å². The number of rotatable bonds is 6. The van der Waals surface area contributed by atoms with E-state index in [0.29, 0.717) is 0 Å². The average molecular weight is 346 g/mol. The fourth-order valence-electron chi connectivity index (χ4n) is 2.44. The van der Waals surface area contributed by atoms with E-state index in [1.807, 2.05) is 0 Å². The quantitative estimate of drug-likeness (QED) is 0.731. The number of carbonyl (C=O) groups is 1. The van der Waals surface area contributed by atoms with Crippen molar-refractivity contribution < 1.29 is 27.8 Å². The number of benzene rings is 1. The van der Waals surface area contributed by atoms with Crippen LogP contribution in [0, 0.1) is 5.92 Å². The Labute approximate surface area is 138 Å². The third kappa shape index (κ3) is 5.68. The van der Waals surface area contributed by atoms with Crippen LogP contribution < -0.4 is 15.4 Å². The Bertz CT molecular complexity index is 528. The summed E-state index contributed by atoms with van der Waals surface area (Å²) in [6.45, 7) is 1.54. The fraction of sp³-hybridized carbons (Fsp3) is 0.562. The molecule has 1 aromatic rings. The highest BCUT2D eigenvalue weighted by molar-refractivity contribution is 5.78. The van der Waals surface area contributed by atoms with Crippen molar-refractivity contribution in [2.45, 2.75) is 25.1 Å². The predicted octanol–water partition coefficient (Wildman–Crippen LogP) is 1.56. The van der Waals surface area contributed by atoms with Crippen LogP contribution in [0.15, 0.2) is 24.3 Å². The molecule has 0 aromatic heterocycles. The van der Waals surface area contributed by atoms with E-state index in [1.54, 1.807) is 0 Å². The smallest absolute Gasteiger partial charge is 0.416 e. The minimum atomic E-state index is -4.39. The van der Waals surface area contributed by atoms with Gasteiger partial charge in [0, 0.05) is 12.5 Å². The summed E-state index contributed by atoms with van der Waals surface area (Å²) in [5.41, 5.74) is -0.760. The first-order valence-corrected chi connectivity index (χ1v) is 7.83. The number of carbonyl (C=O) groups excluding carboxylic acids is 1. The molecular weight excluding hydrogens is 325 g/mol. The number of ether oxygens (including phenoxy) is 1. The van der Waals surface area contributed by atoms with Crippen LogP contribution >= 0.6 is 0 Å².